The molecule has 0 aliphatic rings. The minimum absolute atomic E-state index is 0.00256. The van der Waals surface area contributed by atoms with Crippen molar-refractivity contribution in [1.29, 1.82) is 0 Å². The van der Waals surface area contributed by atoms with E-state index in [2.05, 4.69) is 5.32 Å². The second kappa shape index (κ2) is 6.97. The van der Waals surface area contributed by atoms with Gasteiger partial charge in [-0.05, 0) is 32.9 Å². The number of aliphatic carboxylic acids is 1. The summed E-state index contributed by atoms with van der Waals surface area (Å²) < 4.78 is 23.2. The average Bonchev–Trinajstić information content (AvgIpc) is 2.35. The van der Waals surface area contributed by atoms with Crippen molar-refractivity contribution >= 4 is 17.7 Å². The van der Waals surface area contributed by atoms with Gasteiger partial charge in [-0.2, -0.15) is 0 Å². The number of nitrogens with one attached hydrogen (secondary N) is 1. The summed E-state index contributed by atoms with van der Waals surface area (Å²) >= 11 is 0. The zero-order chi connectivity index (χ0) is 16.9. The van der Waals surface area contributed by atoms with Crippen LogP contribution in [0.4, 0.5) is 14.9 Å². The first kappa shape index (κ1) is 17.5. The number of carboxylic acid groups (broad SMARTS) is 1. The number of hydrogen-bond acceptors (Lipinski definition) is 5. The van der Waals surface area contributed by atoms with Crippen LogP contribution >= 0.6 is 0 Å². The largest absolute Gasteiger partial charge is 0.489 e. The number of anilines is 1. The molecule has 1 aromatic carbocycles. The first-order valence-corrected chi connectivity index (χ1v) is 6.48. The van der Waals surface area contributed by atoms with Gasteiger partial charge in [0.05, 0.1) is 5.69 Å². The topological polar surface area (TPSA) is 111 Å². The lowest BCUT2D eigenvalue weighted by Crippen LogP contribution is -2.46. The average molecular weight is 314 g/mol. The number of rotatable bonds is 5. The SMILES string of the molecule is CC(C)(C)OC(=O)N[C@H](COc1cc(F)ccc1N)C(=O)O. The molecule has 0 aromatic heterocycles. The van der Waals surface area contributed by atoms with Gasteiger partial charge in [0.25, 0.3) is 0 Å². The van der Waals surface area contributed by atoms with Crippen molar-refractivity contribution < 1.29 is 28.6 Å². The van der Waals surface area contributed by atoms with Gasteiger partial charge >= 0.3 is 12.1 Å². The zero-order valence-corrected chi connectivity index (χ0v) is 12.6. The highest BCUT2D eigenvalue weighted by Gasteiger charge is 2.24. The molecule has 1 rings (SSSR count). The number of nitrogen functional groups attached to an aromatic ring is 1. The maximum Gasteiger partial charge on any atom is 0.408 e. The smallest absolute Gasteiger partial charge is 0.408 e. The van der Waals surface area contributed by atoms with Crippen LogP contribution in [-0.4, -0.2) is 35.4 Å². The van der Waals surface area contributed by atoms with E-state index in [-0.39, 0.29) is 11.4 Å². The van der Waals surface area contributed by atoms with Crippen LogP contribution in [0.2, 0.25) is 0 Å². The molecule has 0 radical (unpaired) electrons. The molecule has 1 atom stereocenters. The number of nitrogens with two attached hydrogens (primary N) is 1. The Kier molecular flexibility index (Phi) is 5.56. The Morgan fingerprint density at radius 3 is 2.59 bits per heavy atom. The van der Waals surface area contributed by atoms with E-state index in [1.165, 1.54) is 6.07 Å². The van der Waals surface area contributed by atoms with Gasteiger partial charge in [0, 0.05) is 6.07 Å². The Morgan fingerprint density at radius 1 is 1.41 bits per heavy atom. The highest BCUT2D eigenvalue weighted by molar-refractivity contribution is 5.80. The van der Waals surface area contributed by atoms with Crippen molar-refractivity contribution in [3.05, 3.63) is 24.0 Å². The monoisotopic (exact) mass is 314 g/mol. The molecule has 22 heavy (non-hydrogen) atoms. The van der Waals surface area contributed by atoms with Gasteiger partial charge in [-0.25, -0.2) is 14.0 Å². The molecule has 7 nitrogen and oxygen atoms in total. The second-order valence-corrected chi connectivity index (χ2v) is 5.53. The van der Waals surface area contributed by atoms with Gasteiger partial charge < -0.3 is 25.6 Å². The molecular formula is C14H19FN2O5. The molecule has 0 aliphatic heterocycles. The number of alkyl carbamates (subject to hydrolysis) is 1. The predicted octanol–water partition coefficient (Wildman–Crippen LogP) is 1.76. The number of benzene rings is 1. The summed E-state index contributed by atoms with van der Waals surface area (Å²) in [4.78, 5) is 22.7. The summed E-state index contributed by atoms with van der Waals surface area (Å²) in [6.45, 7) is 4.51. The van der Waals surface area contributed by atoms with Crippen LogP contribution in [-0.2, 0) is 9.53 Å². The van der Waals surface area contributed by atoms with Gasteiger partial charge in [0.1, 0.15) is 23.8 Å². The van der Waals surface area contributed by atoms with Crippen molar-refractivity contribution in [1.82, 2.24) is 5.32 Å². The van der Waals surface area contributed by atoms with E-state index in [4.69, 9.17) is 20.3 Å². The molecular weight excluding hydrogens is 295 g/mol. The molecule has 0 saturated carbocycles. The quantitative estimate of drug-likeness (QED) is 0.714. The Labute approximate surface area is 127 Å². The van der Waals surface area contributed by atoms with Crippen LogP contribution in [0.5, 0.6) is 5.75 Å². The van der Waals surface area contributed by atoms with Crippen molar-refractivity contribution in [2.45, 2.75) is 32.4 Å². The fraction of sp³-hybridized carbons (Fsp3) is 0.429. The molecule has 0 heterocycles. The number of hydrogen-bond donors (Lipinski definition) is 3. The first-order chi connectivity index (χ1) is 10.1. The maximum atomic E-state index is 13.1. The molecule has 0 bridgehead atoms. The Hall–Kier alpha value is -2.51. The van der Waals surface area contributed by atoms with Gasteiger partial charge in [0.2, 0.25) is 0 Å². The van der Waals surface area contributed by atoms with Crippen LogP contribution < -0.4 is 15.8 Å². The number of carboxylic acids is 1. The summed E-state index contributed by atoms with van der Waals surface area (Å²) in [6, 6.07) is 2.11. The van der Waals surface area contributed by atoms with Crippen molar-refractivity contribution in [2.75, 3.05) is 12.3 Å². The van der Waals surface area contributed by atoms with E-state index in [9.17, 15) is 14.0 Å². The van der Waals surface area contributed by atoms with Gasteiger partial charge in [-0.3, -0.25) is 0 Å². The Bertz CT molecular complexity index is 557. The number of ether oxygens (including phenoxy) is 2. The molecule has 0 saturated heterocycles. The van der Waals surface area contributed by atoms with Crippen LogP contribution in [0.1, 0.15) is 20.8 Å². The second-order valence-electron chi connectivity index (χ2n) is 5.53. The van der Waals surface area contributed by atoms with Crippen molar-refractivity contribution in [2.24, 2.45) is 0 Å². The zero-order valence-electron chi connectivity index (χ0n) is 12.6. The van der Waals surface area contributed by atoms with Crippen LogP contribution in [0, 0.1) is 5.82 Å². The van der Waals surface area contributed by atoms with Crippen LogP contribution in [0.25, 0.3) is 0 Å². The molecule has 0 fully saturated rings. The number of carbonyl (C=O) groups excluding carboxylic acids is 1. The molecule has 0 unspecified atom stereocenters. The minimum Gasteiger partial charge on any atom is -0.489 e. The number of carbonyl (C=O) groups is 2. The minimum atomic E-state index is -1.36. The lowest BCUT2D eigenvalue weighted by atomic mass is 10.2. The summed E-state index contributed by atoms with van der Waals surface area (Å²) in [5.41, 5.74) is 4.98. The molecule has 8 heteroatoms. The van der Waals surface area contributed by atoms with Gasteiger partial charge in [-0.1, -0.05) is 0 Å². The van der Waals surface area contributed by atoms with E-state index >= 15 is 0 Å². The lowest BCUT2D eigenvalue weighted by Gasteiger charge is -2.22. The molecule has 4 N–H and O–H groups in total. The Balaban J connectivity index is 2.67. The van der Waals surface area contributed by atoms with E-state index < -0.39 is 36.1 Å². The summed E-state index contributed by atoms with van der Waals surface area (Å²) in [5.74, 6) is -1.89. The summed E-state index contributed by atoms with van der Waals surface area (Å²) in [7, 11) is 0. The van der Waals surface area contributed by atoms with Crippen molar-refractivity contribution in [3.8, 4) is 5.75 Å². The van der Waals surface area contributed by atoms with E-state index in [0.29, 0.717) is 0 Å². The summed E-state index contributed by atoms with van der Waals surface area (Å²) in [6.07, 6.45) is -0.893. The fourth-order valence-electron chi connectivity index (χ4n) is 1.43. The molecule has 0 spiro atoms. The number of halogens is 1. The van der Waals surface area contributed by atoms with Gasteiger partial charge in [-0.15, -0.1) is 0 Å². The van der Waals surface area contributed by atoms with Crippen LogP contribution in [0.15, 0.2) is 18.2 Å². The number of amides is 1. The highest BCUT2D eigenvalue weighted by atomic mass is 19.1. The standard InChI is InChI=1S/C14H19FN2O5/c1-14(2,3)22-13(20)17-10(12(18)19)7-21-11-6-8(15)4-5-9(11)16/h4-6,10H,7,16H2,1-3H3,(H,17,20)(H,18,19)/t10-/m1/s1. The first-order valence-electron chi connectivity index (χ1n) is 6.48. The normalized spacial score (nSPS) is 12.4. The third-order valence-corrected chi connectivity index (χ3v) is 2.37. The molecule has 0 aliphatic carbocycles. The molecule has 1 aromatic rings. The third kappa shape index (κ3) is 5.86. The lowest BCUT2D eigenvalue weighted by molar-refractivity contribution is -0.140. The Morgan fingerprint density at radius 2 is 2.05 bits per heavy atom. The van der Waals surface area contributed by atoms with E-state index in [1.807, 2.05) is 0 Å². The van der Waals surface area contributed by atoms with Crippen LogP contribution in [0.3, 0.4) is 0 Å². The van der Waals surface area contributed by atoms with Crippen molar-refractivity contribution in [3.63, 3.8) is 0 Å². The van der Waals surface area contributed by atoms with E-state index in [1.54, 1.807) is 20.8 Å². The predicted molar refractivity (Wildman–Crippen MR) is 77.1 cm³/mol. The molecule has 122 valence electrons. The highest BCUT2D eigenvalue weighted by Crippen LogP contribution is 2.22. The van der Waals surface area contributed by atoms with E-state index in [0.717, 1.165) is 12.1 Å². The van der Waals surface area contributed by atoms with Gasteiger partial charge in [0.15, 0.2) is 6.04 Å². The summed E-state index contributed by atoms with van der Waals surface area (Å²) in [5, 5.41) is 11.2. The third-order valence-electron chi connectivity index (χ3n) is 2.37. The molecule has 1 amide bonds. The maximum absolute atomic E-state index is 13.1. The fourth-order valence-corrected chi connectivity index (χ4v) is 1.43.